The van der Waals surface area contributed by atoms with E-state index in [1.54, 1.807) is 12.3 Å². The maximum Gasteiger partial charge on any atom is 0.234 e. The molecule has 0 radical (unpaired) electrons. The Morgan fingerprint density at radius 1 is 1.29 bits per heavy atom. The molecule has 0 aliphatic heterocycles. The molecule has 0 unspecified atom stereocenters. The van der Waals surface area contributed by atoms with Crippen molar-refractivity contribution >= 4 is 33.0 Å². The minimum Gasteiger partial charge on any atom is -0.323 e. The molecule has 5 heteroatoms. The van der Waals surface area contributed by atoms with Crippen molar-refractivity contribution in [3.8, 4) is 0 Å². The molecule has 1 heterocycles. The average molecular weight is 293 g/mol. The van der Waals surface area contributed by atoms with E-state index in [9.17, 15) is 10.1 Å². The van der Waals surface area contributed by atoms with Crippen LogP contribution < -0.4 is 0 Å². The number of fused-ring (bicyclic) bond motifs is 1. The van der Waals surface area contributed by atoms with Gasteiger partial charge in [-0.1, -0.05) is 22.0 Å². The van der Waals surface area contributed by atoms with E-state index in [0.717, 1.165) is 21.6 Å². The molecule has 1 aromatic heterocycles. The van der Waals surface area contributed by atoms with Gasteiger partial charge in [-0.2, -0.15) is 0 Å². The molecule has 0 N–H and O–H groups in total. The average Bonchev–Trinajstić information content (AvgIpc) is 2.69. The Balaban J connectivity index is 2.31. The van der Waals surface area contributed by atoms with Crippen molar-refractivity contribution in [3.63, 3.8) is 0 Å². The van der Waals surface area contributed by atoms with Crippen molar-refractivity contribution in [2.45, 2.75) is 0 Å². The van der Waals surface area contributed by atoms with Crippen LogP contribution in [0.1, 0.15) is 0 Å². The van der Waals surface area contributed by atoms with Crippen LogP contribution in [0.5, 0.6) is 0 Å². The topological polar surface area (TPSA) is 48.1 Å². The van der Waals surface area contributed by atoms with Crippen LogP contribution in [0.2, 0.25) is 0 Å². The summed E-state index contributed by atoms with van der Waals surface area (Å²) in [6.07, 6.45) is 7.60. The van der Waals surface area contributed by atoms with Crippen molar-refractivity contribution in [1.29, 1.82) is 0 Å². The summed E-state index contributed by atoms with van der Waals surface area (Å²) in [5.74, 6) is 0. The summed E-state index contributed by atoms with van der Waals surface area (Å²) in [6.45, 7) is 0. The Morgan fingerprint density at radius 2 is 2.12 bits per heavy atom. The van der Waals surface area contributed by atoms with Crippen LogP contribution in [-0.4, -0.2) is 9.49 Å². The summed E-state index contributed by atoms with van der Waals surface area (Å²) in [5, 5.41) is 11.2. The number of benzene rings is 1. The number of nitrogens with zero attached hydrogens (tertiary/aromatic N) is 2. The second-order valence-corrected chi connectivity index (χ2v) is 4.22. The monoisotopic (exact) mass is 292 g/mol. The lowest BCUT2D eigenvalue weighted by atomic mass is 10.2. The van der Waals surface area contributed by atoms with Crippen LogP contribution in [0.3, 0.4) is 0 Å². The molecule has 17 heavy (non-hydrogen) atoms. The van der Waals surface area contributed by atoms with E-state index in [4.69, 9.17) is 0 Å². The maximum absolute atomic E-state index is 10.1. The highest BCUT2D eigenvalue weighted by Crippen LogP contribution is 2.24. The largest absolute Gasteiger partial charge is 0.323 e. The number of nitro groups is 1. The smallest absolute Gasteiger partial charge is 0.234 e. The van der Waals surface area contributed by atoms with Crippen molar-refractivity contribution in [3.05, 3.63) is 63.4 Å². The summed E-state index contributed by atoms with van der Waals surface area (Å²) < 4.78 is 2.94. The van der Waals surface area contributed by atoms with Crippen LogP contribution >= 0.6 is 15.9 Å². The van der Waals surface area contributed by atoms with Crippen LogP contribution in [0.25, 0.3) is 17.1 Å². The Labute approximate surface area is 106 Å². The van der Waals surface area contributed by atoms with E-state index in [2.05, 4.69) is 15.9 Å². The van der Waals surface area contributed by atoms with E-state index >= 15 is 0 Å². The highest BCUT2D eigenvalue weighted by atomic mass is 79.9. The van der Waals surface area contributed by atoms with Gasteiger partial charge in [0.2, 0.25) is 6.20 Å². The lowest BCUT2D eigenvalue weighted by molar-refractivity contribution is -0.402. The number of allylic oxidation sites excluding steroid dienone is 2. The first-order valence-corrected chi connectivity index (χ1v) is 5.71. The number of halogens is 1. The fourth-order valence-electron chi connectivity index (χ4n) is 1.54. The van der Waals surface area contributed by atoms with E-state index in [0.29, 0.717) is 0 Å². The predicted octanol–water partition coefficient (Wildman–Crippen LogP) is 3.66. The lowest BCUT2D eigenvalue weighted by Crippen LogP contribution is -1.83. The molecule has 2 aromatic rings. The van der Waals surface area contributed by atoms with Crippen molar-refractivity contribution in [2.24, 2.45) is 0 Å². The summed E-state index contributed by atoms with van der Waals surface area (Å²) in [6, 6.07) is 7.90. The van der Waals surface area contributed by atoms with Gasteiger partial charge in [0.15, 0.2) is 0 Å². The number of hydrogen-bond donors (Lipinski definition) is 0. The van der Waals surface area contributed by atoms with Crippen LogP contribution in [0.15, 0.2) is 53.3 Å². The molecule has 0 atom stereocenters. The van der Waals surface area contributed by atoms with Gasteiger partial charge in [0.25, 0.3) is 0 Å². The fourth-order valence-corrected chi connectivity index (χ4v) is 2.03. The number of rotatable bonds is 3. The second-order valence-electron chi connectivity index (χ2n) is 3.36. The molecule has 0 aliphatic carbocycles. The van der Waals surface area contributed by atoms with E-state index < -0.39 is 4.92 Å². The summed E-state index contributed by atoms with van der Waals surface area (Å²) in [5.41, 5.74) is 1.05. The van der Waals surface area contributed by atoms with E-state index in [1.165, 1.54) is 6.08 Å². The SMILES string of the molecule is O=[N+]([O-])/C=C/C=C/n1ccc2c(Br)cccc21. The molecule has 4 nitrogen and oxygen atoms in total. The molecule has 1 aromatic carbocycles. The molecule has 2 rings (SSSR count). The van der Waals surface area contributed by atoms with Crippen LogP contribution in [0, 0.1) is 10.1 Å². The molecule has 0 saturated heterocycles. The predicted molar refractivity (Wildman–Crippen MR) is 71.1 cm³/mol. The summed E-state index contributed by atoms with van der Waals surface area (Å²) in [7, 11) is 0. The third kappa shape index (κ3) is 2.62. The quantitative estimate of drug-likeness (QED) is 0.492. The van der Waals surface area contributed by atoms with E-state index in [-0.39, 0.29) is 0 Å². The minimum absolute atomic E-state index is 0.491. The van der Waals surface area contributed by atoms with Crippen LogP contribution in [0.4, 0.5) is 0 Å². The Morgan fingerprint density at radius 3 is 2.88 bits per heavy atom. The zero-order chi connectivity index (χ0) is 12.3. The molecular weight excluding hydrogens is 284 g/mol. The van der Waals surface area contributed by atoms with Gasteiger partial charge in [0.05, 0.1) is 10.4 Å². The van der Waals surface area contributed by atoms with Gasteiger partial charge in [-0.3, -0.25) is 10.1 Å². The normalized spacial score (nSPS) is 11.8. The van der Waals surface area contributed by atoms with Crippen molar-refractivity contribution in [1.82, 2.24) is 4.57 Å². The van der Waals surface area contributed by atoms with Crippen LogP contribution in [-0.2, 0) is 0 Å². The molecule has 86 valence electrons. The number of hydrogen-bond acceptors (Lipinski definition) is 2. The van der Waals surface area contributed by atoms with Crippen molar-refractivity contribution < 1.29 is 4.92 Å². The molecule has 0 fully saturated rings. The molecule has 0 bridgehead atoms. The van der Waals surface area contributed by atoms with Gasteiger partial charge in [0, 0.05) is 28.3 Å². The number of aromatic nitrogens is 1. The maximum atomic E-state index is 10.1. The summed E-state index contributed by atoms with van der Waals surface area (Å²) in [4.78, 5) is 9.60. The van der Waals surface area contributed by atoms with Gasteiger partial charge in [-0.25, -0.2) is 0 Å². The van der Waals surface area contributed by atoms with E-state index in [1.807, 2.05) is 35.0 Å². The molecule has 0 spiro atoms. The Kier molecular flexibility index (Phi) is 3.39. The van der Waals surface area contributed by atoms with Gasteiger partial charge < -0.3 is 4.57 Å². The molecule has 0 aliphatic rings. The van der Waals surface area contributed by atoms with Gasteiger partial charge >= 0.3 is 0 Å². The first-order chi connectivity index (χ1) is 8.18. The fraction of sp³-hybridized carbons (Fsp3) is 0. The Bertz CT molecular complexity index is 614. The molecule has 0 saturated carbocycles. The zero-order valence-corrected chi connectivity index (χ0v) is 10.4. The highest BCUT2D eigenvalue weighted by Gasteiger charge is 2.00. The minimum atomic E-state index is -0.491. The first-order valence-electron chi connectivity index (χ1n) is 4.92. The van der Waals surface area contributed by atoms with Gasteiger partial charge in [-0.05, 0) is 24.3 Å². The second kappa shape index (κ2) is 4.97. The third-order valence-electron chi connectivity index (χ3n) is 2.28. The third-order valence-corrected chi connectivity index (χ3v) is 2.97. The lowest BCUT2D eigenvalue weighted by Gasteiger charge is -1.97. The van der Waals surface area contributed by atoms with Crippen molar-refractivity contribution in [2.75, 3.05) is 0 Å². The Hall–Kier alpha value is -1.88. The zero-order valence-electron chi connectivity index (χ0n) is 8.79. The molecule has 0 amide bonds. The van der Waals surface area contributed by atoms with Gasteiger partial charge in [0.1, 0.15) is 0 Å². The first kappa shape index (κ1) is 11.6. The van der Waals surface area contributed by atoms with Gasteiger partial charge in [-0.15, -0.1) is 0 Å². The highest BCUT2D eigenvalue weighted by molar-refractivity contribution is 9.10. The summed E-state index contributed by atoms with van der Waals surface area (Å²) >= 11 is 3.47. The molecular formula is C12H9BrN2O2. The standard InChI is InChI=1S/C12H9BrN2O2/c13-11-4-3-5-12-10(11)6-9-14(12)7-1-2-8-15(16)17/h1-9H/b7-1+,8-2+.